The van der Waals surface area contributed by atoms with E-state index in [9.17, 15) is 9.59 Å². The predicted molar refractivity (Wildman–Crippen MR) is 95.4 cm³/mol. The lowest BCUT2D eigenvalue weighted by Gasteiger charge is -2.17. The van der Waals surface area contributed by atoms with Crippen LogP contribution in [0.25, 0.3) is 10.2 Å². The van der Waals surface area contributed by atoms with Crippen LogP contribution in [0.2, 0.25) is 0 Å². The summed E-state index contributed by atoms with van der Waals surface area (Å²) in [4.78, 5) is 30.6. The van der Waals surface area contributed by atoms with E-state index in [1.54, 1.807) is 19.0 Å². The van der Waals surface area contributed by atoms with Crippen molar-refractivity contribution < 1.29 is 4.79 Å². The number of hydrogen-bond donors (Lipinski definition) is 0. The fourth-order valence-corrected chi connectivity index (χ4v) is 3.81. The first-order chi connectivity index (χ1) is 11.1. The van der Waals surface area contributed by atoms with Crippen LogP contribution < -0.4 is 10.5 Å². The smallest absolute Gasteiger partial charge is 0.271 e. The summed E-state index contributed by atoms with van der Waals surface area (Å²) < 4.78 is 2.14. The molecular weight excluding hydrogens is 330 g/mol. The van der Waals surface area contributed by atoms with Gasteiger partial charge in [-0.2, -0.15) is 0 Å². The van der Waals surface area contributed by atoms with Crippen LogP contribution in [0.15, 0.2) is 51.7 Å². The molecule has 23 heavy (non-hydrogen) atoms. The van der Waals surface area contributed by atoms with E-state index in [1.165, 1.54) is 27.7 Å². The molecule has 0 unspecified atom stereocenters. The molecular formula is C16H15N3O2S2. The quantitative estimate of drug-likeness (QED) is 0.539. The number of fused-ring (bicyclic) bond motifs is 1. The molecule has 7 heteroatoms. The minimum atomic E-state index is -0.0728. The van der Waals surface area contributed by atoms with Crippen LogP contribution in [0.4, 0.5) is 5.69 Å². The molecule has 0 spiro atoms. The summed E-state index contributed by atoms with van der Waals surface area (Å²) >= 11 is 2.66. The Bertz CT molecular complexity index is 903. The number of amides is 1. The molecule has 118 valence electrons. The van der Waals surface area contributed by atoms with Crippen molar-refractivity contribution in [1.29, 1.82) is 0 Å². The van der Waals surface area contributed by atoms with Crippen LogP contribution in [0.3, 0.4) is 0 Å². The highest BCUT2D eigenvalue weighted by atomic mass is 32.2. The molecule has 0 aliphatic rings. The summed E-state index contributed by atoms with van der Waals surface area (Å²) in [6.07, 6.45) is 0. The summed E-state index contributed by atoms with van der Waals surface area (Å²) in [7, 11) is 3.43. The molecule has 2 aromatic heterocycles. The summed E-state index contributed by atoms with van der Waals surface area (Å²) in [6, 6.07) is 11.3. The Morgan fingerprint density at radius 2 is 2.04 bits per heavy atom. The normalized spacial score (nSPS) is 10.9. The van der Waals surface area contributed by atoms with Crippen molar-refractivity contribution in [2.24, 2.45) is 7.05 Å². The van der Waals surface area contributed by atoms with Gasteiger partial charge in [-0.3, -0.25) is 14.2 Å². The maximum atomic E-state index is 12.3. The molecule has 5 nitrogen and oxygen atoms in total. The summed E-state index contributed by atoms with van der Waals surface area (Å²) in [5, 5.41) is 2.40. The third kappa shape index (κ3) is 3.16. The topological polar surface area (TPSA) is 55.2 Å². The van der Waals surface area contributed by atoms with Gasteiger partial charge in [0.1, 0.15) is 4.70 Å². The van der Waals surface area contributed by atoms with E-state index < -0.39 is 0 Å². The minimum Gasteiger partial charge on any atom is -0.315 e. The van der Waals surface area contributed by atoms with Gasteiger partial charge >= 0.3 is 0 Å². The van der Waals surface area contributed by atoms with Gasteiger partial charge < -0.3 is 4.90 Å². The number of para-hydroxylation sites is 1. The molecule has 0 saturated carbocycles. The summed E-state index contributed by atoms with van der Waals surface area (Å²) in [6.45, 7) is 0. The van der Waals surface area contributed by atoms with Crippen molar-refractivity contribution in [3.05, 3.63) is 52.1 Å². The van der Waals surface area contributed by atoms with Crippen LogP contribution >= 0.6 is 23.1 Å². The number of thiophene rings is 1. The second kappa shape index (κ2) is 6.55. The second-order valence-electron chi connectivity index (χ2n) is 4.97. The Morgan fingerprint density at radius 1 is 1.30 bits per heavy atom. The van der Waals surface area contributed by atoms with Crippen LogP contribution in [-0.2, 0) is 11.8 Å². The zero-order valence-corrected chi connectivity index (χ0v) is 14.4. The monoisotopic (exact) mass is 345 g/mol. The number of benzene rings is 1. The van der Waals surface area contributed by atoms with Gasteiger partial charge in [0.25, 0.3) is 5.56 Å². The number of anilines is 1. The zero-order chi connectivity index (χ0) is 16.4. The van der Waals surface area contributed by atoms with E-state index in [0.717, 1.165) is 5.69 Å². The first kappa shape index (κ1) is 15.8. The molecule has 0 saturated heterocycles. The van der Waals surface area contributed by atoms with Crippen molar-refractivity contribution >= 4 is 44.9 Å². The SMILES string of the molecule is CN(C(=O)CSc1nc2ccsc2c(=O)n1C)c1ccccc1. The number of thioether (sulfide) groups is 1. The van der Waals surface area contributed by atoms with E-state index >= 15 is 0 Å². The van der Waals surface area contributed by atoms with Crippen LogP contribution in [0.5, 0.6) is 0 Å². The Hall–Kier alpha value is -2.12. The van der Waals surface area contributed by atoms with Gasteiger partial charge in [0.05, 0.1) is 11.3 Å². The van der Waals surface area contributed by atoms with Crippen molar-refractivity contribution in [3.8, 4) is 0 Å². The van der Waals surface area contributed by atoms with Crippen LogP contribution in [0, 0.1) is 0 Å². The van der Waals surface area contributed by atoms with Crippen LogP contribution in [-0.4, -0.2) is 28.3 Å². The van der Waals surface area contributed by atoms with E-state index in [4.69, 9.17) is 0 Å². The van der Waals surface area contributed by atoms with E-state index in [2.05, 4.69) is 4.98 Å². The van der Waals surface area contributed by atoms with Gasteiger partial charge in [-0.15, -0.1) is 11.3 Å². The predicted octanol–water partition coefficient (Wildman–Crippen LogP) is 2.75. The number of carbonyl (C=O) groups excluding carboxylic acids is 1. The molecule has 0 radical (unpaired) electrons. The Kier molecular flexibility index (Phi) is 4.49. The third-order valence-electron chi connectivity index (χ3n) is 3.49. The Morgan fingerprint density at radius 3 is 2.78 bits per heavy atom. The molecule has 1 aromatic carbocycles. The molecule has 1 amide bonds. The standard InChI is InChI=1S/C16H15N3O2S2/c1-18(11-6-4-3-5-7-11)13(20)10-23-16-17-12-8-9-22-14(12)15(21)19(16)2/h3-9H,10H2,1-2H3. The van der Waals surface area contributed by atoms with Gasteiger partial charge in [-0.1, -0.05) is 30.0 Å². The van der Waals surface area contributed by atoms with E-state index in [1.807, 2.05) is 41.8 Å². The average Bonchev–Trinajstić information content (AvgIpc) is 3.05. The number of hydrogen-bond acceptors (Lipinski definition) is 5. The Balaban J connectivity index is 1.77. The van der Waals surface area contributed by atoms with E-state index in [-0.39, 0.29) is 17.2 Å². The molecule has 0 bridgehead atoms. The van der Waals surface area contributed by atoms with Gasteiger partial charge in [0, 0.05) is 19.8 Å². The van der Waals surface area contributed by atoms with Gasteiger partial charge in [0.2, 0.25) is 5.91 Å². The molecule has 0 fully saturated rings. The molecule has 0 aliphatic carbocycles. The average molecular weight is 345 g/mol. The molecule has 0 aliphatic heterocycles. The largest absolute Gasteiger partial charge is 0.315 e. The van der Waals surface area contributed by atoms with Crippen molar-refractivity contribution in [2.45, 2.75) is 5.16 Å². The van der Waals surface area contributed by atoms with Gasteiger partial charge in [-0.05, 0) is 23.6 Å². The van der Waals surface area contributed by atoms with Crippen LogP contribution in [0.1, 0.15) is 0 Å². The molecule has 3 aromatic rings. The van der Waals surface area contributed by atoms with Crippen molar-refractivity contribution in [1.82, 2.24) is 9.55 Å². The fraction of sp³-hybridized carbons (Fsp3) is 0.188. The highest BCUT2D eigenvalue weighted by molar-refractivity contribution is 7.99. The number of carbonyl (C=O) groups is 1. The van der Waals surface area contributed by atoms with Crippen molar-refractivity contribution in [3.63, 3.8) is 0 Å². The fourth-order valence-electron chi connectivity index (χ4n) is 2.12. The summed E-state index contributed by atoms with van der Waals surface area (Å²) in [5.41, 5.74) is 1.45. The van der Waals surface area contributed by atoms with Gasteiger partial charge in [-0.25, -0.2) is 4.98 Å². The van der Waals surface area contributed by atoms with Crippen molar-refractivity contribution in [2.75, 3.05) is 17.7 Å². The van der Waals surface area contributed by atoms with Gasteiger partial charge in [0.15, 0.2) is 5.16 Å². The second-order valence-corrected chi connectivity index (χ2v) is 6.83. The first-order valence-corrected chi connectivity index (χ1v) is 8.83. The lowest BCUT2D eigenvalue weighted by atomic mass is 10.3. The third-order valence-corrected chi connectivity index (χ3v) is 5.39. The Labute approximate surface area is 141 Å². The number of rotatable bonds is 4. The highest BCUT2D eigenvalue weighted by Gasteiger charge is 2.14. The highest BCUT2D eigenvalue weighted by Crippen LogP contribution is 2.21. The first-order valence-electron chi connectivity index (χ1n) is 6.96. The lowest BCUT2D eigenvalue weighted by Crippen LogP contribution is -2.28. The molecule has 2 heterocycles. The maximum Gasteiger partial charge on any atom is 0.271 e. The molecule has 0 N–H and O–H groups in total. The minimum absolute atomic E-state index is 0.0409. The van der Waals surface area contributed by atoms with E-state index in [0.29, 0.717) is 15.4 Å². The number of aromatic nitrogens is 2. The molecule has 3 rings (SSSR count). The molecule has 0 atom stereocenters. The lowest BCUT2D eigenvalue weighted by molar-refractivity contribution is -0.115. The summed E-state index contributed by atoms with van der Waals surface area (Å²) in [5.74, 6) is 0.183. The maximum absolute atomic E-state index is 12.3. The number of nitrogens with zero attached hydrogens (tertiary/aromatic N) is 3. The zero-order valence-electron chi connectivity index (χ0n) is 12.7.